The summed E-state index contributed by atoms with van der Waals surface area (Å²) in [6, 6.07) is 3.12. The van der Waals surface area contributed by atoms with Crippen molar-refractivity contribution in [3.63, 3.8) is 0 Å². The van der Waals surface area contributed by atoms with Gasteiger partial charge >= 0.3 is 5.82 Å². The minimum Gasteiger partial charge on any atom is -0.358 e. The van der Waals surface area contributed by atoms with Gasteiger partial charge in [-0.2, -0.15) is 9.78 Å². The van der Waals surface area contributed by atoms with E-state index in [1.54, 1.807) is 30.9 Å². The molecule has 0 bridgehead atoms. The fourth-order valence-corrected chi connectivity index (χ4v) is 1.70. The number of carbonyl (C=O) groups is 1. The number of nitro groups is 1. The molecule has 2 aromatic heterocycles. The Labute approximate surface area is 114 Å². The van der Waals surface area contributed by atoms with Crippen LogP contribution in [0.1, 0.15) is 11.4 Å². The van der Waals surface area contributed by atoms with Crippen LogP contribution >= 0.6 is 0 Å². The predicted octanol–water partition coefficient (Wildman–Crippen LogP) is 0.150. The second-order valence-corrected chi connectivity index (χ2v) is 4.28. The standard InChI is InChI=1S/C11H14N6O3/c1-8-5-10(17(19)20)14-16(8)7-11(18)12-6-9-3-4-13-15(9)2/h3-5H,6-7H2,1-2H3,(H,12,18). The van der Waals surface area contributed by atoms with Gasteiger partial charge in [0.25, 0.3) is 0 Å². The third-order valence-electron chi connectivity index (χ3n) is 2.84. The van der Waals surface area contributed by atoms with Crippen LogP contribution in [-0.4, -0.2) is 30.4 Å². The van der Waals surface area contributed by atoms with Gasteiger partial charge in [0.2, 0.25) is 5.91 Å². The van der Waals surface area contributed by atoms with Gasteiger partial charge in [0.1, 0.15) is 6.54 Å². The second-order valence-electron chi connectivity index (χ2n) is 4.28. The van der Waals surface area contributed by atoms with Crippen molar-refractivity contribution in [2.45, 2.75) is 20.0 Å². The first-order valence-electron chi connectivity index (χ1n) is 5.90. The highest BCUT2D eigenvalue weighted by Crippen LogP contribution is 2.10. The van der Waals surface area contributed by atoms with Crippen molar-refractivity contribution < 1.29 is 9.72 Å². The molecule has 1 N–H and O–H groups in total. The molecule has 9 heteroatoms. The number of carbonyl (C=O) groups excluding carboxylic acids is 1. The Bertz CT molecular complexity index is 644. The second kappa shape index (κ2) is 5.51. The number of nitrogens with one attached hydrogen (secondary N) is 1. The molecule has 0 unspecified atom stereocenters. The fraction of sp³-hybridized carbons (Fsp3) is 0.364. The van der Waals surface area contributed by atoms with Crippen molar-refractivity contribution in [3.8, 4) is 0 Å². The van der Waals surface area contributed by atoms with Gasteiger partial charge in [0.05, 0.1) is 29.1 Å². The summed E-state index contributed by atoms with van der Waals surface area (Å²) in [6.45, 7) is 1.95. The van der Waals surface area contributed by atoms with Crippen molar-refractivity contribution in [1.82, 2.24) is 24.9 Å². The average Bonchev–Trinajstić information content (AvgIpc) is 2.94. The quantitative estimate of drug-likeness (QED) is 0.618. The lowest BCUT2D eigenvalue weighted by atomic mass is 10.4. The molecule has 0 radical (unpaired) electrons. The van der Waals surface area contributed by atoms with Crippen LogP contribution in [0, 0.1) is 17.0 Å². The number of rotatable bonds is 5. The zero-order valence-electron chi connectivity index (χ0n) is 11.1. The van der Waals surface area contributed by atoms with Crippen LogP contribution in [0.2, 0.25) is 0 Å². The lowest BCUT2D eigenvalue weighted by Gasteiger charge is -2.05. The molecule has 0 aliphatic carbocycles. The molecule has 0 fully saturated rings. The summed E-state index contributed by atoms with van der Waals surface area (Å²) < 4.78 is 2.96. The Morgan fingerprint density at radius 3 is 2.85 bits per heavy atom. The molecule has 0 aliphatic rings. The number of hydrogen-bond acceptors (Lipinski definition) is 5. The van der Waals surface area contributed by atoms with Crippen LogP contribution < -0.4 is 5.32 Å². The summed E-state index contributed by atoms with van der Waals surface area (Å²) in [5.74, 6) is -0.533. The van der Waals surface area contributed by atoms with Crippen LogP contribution in [0.15, 0.2) is 18.3 Å². The van der Waals surface area contributed by atoms with E-state index in [0.717, 1.165) is 5.69 Å². The van der Waals surface area contributed by atoms with E-state index in [2.05, 4.69) is 15.5 Å². The van der Waals surface area contributed by atoms with E-state index in [4.69, 9.17) is 0 Å². The minimum atomic E-state index is -0.586. The van der Waals surface area contributed by atoms with Gasteiger partial charge in [-0.3, -0.25) is 9.48 Å². The van der Waals surface area contributed by atoms with E-state index in [1.807, 2.05) is 0 Å². The maximum absolute atomic E-state index is 11.8. The molecule has 106 valence electrons. The van der Waals surface area contributed by atoms with Crippen LogP contribution in [0.25, 0.3) is 0 Å². The number of hydrogen-bond donors (Lipinski definition) is 1. The van der Waals surface area contributed by atoms with Gasteiger partial charge in [-0.1, -0.05) is 0 Å². The van der Waals surface area contributed by atoms with Crippen LogP contribution in [0.4, 0.5) is 5.82 Å². The van der Waals surface area contributed by atoms with Gasteiger partial charge in [-0.15, -0.1) is 0 Å². The van der Waals surface area contributed by atoms with E-state index in [0.29, 0.717) is 12.2 Å². The average molecular weight is 278 g/mol. The van der Waals surface area contributed by atoms with E-state index in [-0.39, 0.29) is 18.3 Å². The number of aryl methyl sites for hydroxylation is 2. The van der Waals surface area contributed by atoms with Crippen molar-refractivity contribution in [3.05, 3.63) is 39.8 Å². The van der Waals surface area contributed by atoms with E-state index in [9.17, 15) is 14.9 Å². The monoisotopic (exact) mass is 278 g/mol. The van der Waals surface area contributed by atoms with Crippen LogP contribution in [-0.2, 0) is 24.9 Å². The summed E-state index contributed by atoms with van der Waals surface area (Å²) in [7, 11) is 1.78. The van der Waals surface area contributed by atoms with Crippen molar-refractivity contribution in [2.24, 2.45) is 7.05 Å². The molecule has 0 saturated carbocycles. The van der Waals surface area contributed by atoms with Crippen molar-refractivity contribution >= 4 is 11.7 Å². The molecule has 0 aliphatic heterocycles. The molecule has 2 heterocycles. The normalized spacial score (nSPS) is 10.5. The highest BCUT2D eigenvalue weighted by molar-refractivity contribution is 5.75. The molecule has 2 aromatic rings. The largest absolute Gasteiger partial charge is 0.390 e. The molecule has 0 atom stereocenters. The molecule has 0 spiro atoms. The summed E-state index contributed by atoms with van der Waals surface area (Å²) in [6.07, 6.45) is 1.64. The third-order valence-corrected chi connectivity index (χ3v) is 2.84. The Morgan fingerprint density at radius 2 is 2.30 bits per heavy atom. The number of amides is 1. The maximum Gasteiger partial charge on any atom is 0.390 e. The molecule has 1 amide bonds. The van der Waals surface area contributed by atoms with Gasteiger partial charge in [0, 0.05) is 13.2 Å². The molecular formula is C11H14N6O3. The summed E-state index contributed by atoms with van der Waals surface area (Å²) in [5.41, 5.74) is 1.42. The lowest BCUT2D eigenvalue weighted by Crippen LogP contribution is -2.28. The molecule has 20 heavy (non-hydrogen) atoms. The molecule has 2 rings (SSSR count). The molecule has 0 aromatic carbocycles. The first-order chi connectivity index (χ1) is 9.47. The highest BCUT2D eigenvalue weighted by Gasteiger charge is 2.17. The Kier molecular flexibility index (Phi) is 3.78. The van der Waals surface area contributed by atoms with Crippen molar-refractivity contribution in [2.75, 3.05) is 0 Å². The van der Waals surface area contributed by atoms with Crippen LogP contribution in [0.5, 0.6) is 0 Å². The summed E-state index contributed by atoms with van der Waals surface area (Å²) >= 11 is 0. The lowest BCUT2D eigenvalue weighted by molar-refractivity contribution is -0.389. The zero-order chi connectivity index (χ0) is 14.7. The van der Waals surface area contributed by atoms with Gasteiger partial charge in [-0.05, 0) is 17.9 Å². The smallest absolute Gasteiger partial charge is 0.358 e. The van der Waals surface area contributed by atoms with Crippen molar-refractivity contribution in [1.29, 1.82) is 0 Å². The highest BCUT2D eigenvalue weighted by atomic mass is 16.6. The summed E-state index contributed by atoms with van der Waals surface area (Å²) in [4.78, 5) is 21.8. The topological polar surface area (TPSA) is 108 Å². The third kappa shape index (κ3) is 2.99. The maximum atomic E-state index is 11.8. The molecule has 0 saturated heterocycles. The van der Waals surface area contributed by atoms with E-state index < -0.39 is 4.92 Å². The number of nitrogens with zero attached hydrogens (tertiary/aromatic N) is 5. The van der Waals surface area contributed by atoms with Crippen LogP contribution in [0.3, 0.4) is 0 Å². The first-order valence-corrected chi connectivity index (χ1v) is 5.90. The fourth-order valence-electron chi connectivity index (χ4n) is 1.70. The number of aromatic nitrogens is 4. The zero-order valence-corrected chi connectivity index (χ0v) is 11.1. The molecule has 9 nitrogen and oxygen atoms in total. The van der Waals surface area contributed by atoms with E-state index in [1.165, 1.54) is 10.7 Å². The first kappa shape index (κ1) is 13.7. The minimum absolute atomic E-state index is 0.0580. The Morgan fingerprint density at radius 1 is 1.55 bits per heavy atom. The Hall–Kier alpha value is -2.71. The Balaban J connectivity index is 1.95. The van der Waals surface area contributed by atoms with Gasteiger partial charge < -0.3 is 15.4 Å². The van der Waals surface area contributed by atoms with Gasteiger partial charge in [-0.25, -0.2) is 0 Å². The SMILES string of the molecule is Cc1cc([N+](=O)[O-])nn1CC(=O)NCc1ccnn1C. The summed E-state index contributed by atoms with van der Waals surface area (Å²) in [5, 5.41) is 21.0. The van der Waals surface area contributed by atoms with Gasteiger partial charge in [0.15, 0.2) is 0 Å². The molecular weight excluding hydrogens is 264 g/mol. The predicted molar refractivity (Wildman–Crippen MR) is 68.7 cm³/mol. The van der Waals surface area contributed by atoms with E-state index >= 15 is 0 Å².